The van der Waals surface area contributed by atoms with Gasteiger partial charge in [-0.15, -0.1) is 0 Å². The maximum Gasteiger partial charge on any atom is 0.340 e. The summed E-state index contributed by atoms with van der Waals surface area (Å²) in [6.07, 6.45) is 2.04. The van der Waals surface area contributed by atoms with E-state index in [9.17, 15) is 18.0 Å². The molecule has 0 unspecified atom stereocenters. The fraction of sp³-hybridized carbons (Fsp3) is 0.238. The second-order valence-electron chi connectivity index (χ2n) is 6.28. The van der Waals surface area contributed by atoms with Crippen LogP contribution in [0.25, 0.3) is 6.08 Å². The third-order valence-corrected chi connectivity index (χ3v) is 5.72. The predicted octanol–water partition coefficient (Wildman–Crippen LogP) is 2.41. The zero-order chi connectivity index (χ0) is 24.8. The predicted molar refractivity (Wildman–Crippen MR) is 118 cm³/mol. The quantitative estimate of drug-likeness (QED) is 0.383. The van der Waals surface area contributed by atoms with Gasteiger partial charge in [-0.3, -0.25) is 4.72 Å². The first kappa shape index (κ1) is 25.3. The minimum absolute atomic E-state index is 0.0471. The van der Waals surface area contributed by atoms with Gasteiger partial charge >= 0.3 is 11.9 Å². The molecule has 0 heterocycles. The van der Waals surface area contributed by atoms with Crippen molar-refractivity contribution in [2.45, 2.75) is 4.90 Å². The Balaban J connectivity index is 2.71. The van der Waals surface area contributed by atoms with Crippen molar-refractivity contribution in [3.63, 3.8) is 0 Å². The van der Waals surface area contributed by atoms with Crippen LogP contribution in [-0.4, -0.2) is 61.0 Å². The van der Waals surface area contributed by atoms with E-state index < -0.39 is 22.0 Å². The van der Waals surface area contributed by atoms with E-state index in [1.54, 1.807) is 0 Å². The number of carboxylic acids is 1. The lowest BCUT2D eigenvalue weighted by Crippen LogP contribution is -2.18. The molecule has 0 aliphatic rings. The number of aliphatic carboxylic acids is 1. The van der Waals surface area contributed by atoms with Crippen LogP contribution in [0.2, 0.25) is 0 Å². The van der Waals surface area contributed by atoms with E-state index in [0.717, 1.165) is 13.2 Å². The first-order valence-electron chi connectivity index (χ1n) is 9.16. The first-order chi connectivity index (χ1) is 15.6. The van der Waals surface area contributed by atoms with E-state index in [2.05, 4.69) is 4.72 Å². The average molecular weight is 481 g/mol. The second-order valence-corrected chi connectivity index (χ2v) is 7.93. The molecule has 2 aromatic rings. The summed E-state index contributed by atoms with van der Waals surface area (Å²) in [5.74, 6) is -1.79. The fourth-order valence-corrected chi connectivity index (χ4v) is 4.14. The van der Waals surface area contributed by atoms with Gasteiger partial charge in [-0.2, -0.15) is 0 Å². The number of rotatable bonds is 10. The lowest BCUT2D eigenvalue weighted by molar-refractivity contribution is -0.131. The Bertz CT molecular complexity index is 1190. The van der Waals surface area contributed by atoms with E-state index in [4.69, 9.17) is 28.8 Å². The van der Waals surface area contributed by atoms with Gasteiger partial charge in [0, 0.05) is 18.2 Å². The fourth-order valence-electron chi connectivity index (χ4n) is 2.86. The highest BCUT2D eigenvalue weighted by Crippen LogP contribution is 2.39. The Morgan fingerprint density at radius 3 is 2.00 bits per heavy atom. The first-order valence-corrected chi connectivity index (χ1v) is 10.6. The maximum atomic E-state index is 13.3. The Morgan fingerprint density at radius 1 is 0.879 bits per heavy atom. The van der Waals surface area contributed by atoms with Crippen LogP contribution in [0.1, 0.15) is 15.9 Å². The summed E-state index contributed by atoms with van der Waals surface area (Å²) in [4.78, 5) is 22.8. The molecule has 11 nitrogen and oxygen atoms in total. The van der Waals surface area contributed by atoms with Gasteiger partial charge in [-0.25, -0.2) is 18.0 Å². The number of methoxy groups -OCH3 is 5. The summed E-state index contributed by atoms with van der Waals surface area (Å²) in [6.45, 7) is 0. The molecule has 0 atom stereocenters. The highest BCUT2D eigenvalue weighted by atomic mass is 32.2. The number of esters is 1. The van der Waals surface area contributed by atoms with Crippen LogP contribution in [0.15, 0.2) is 35.2 Å². The summed E-state index contributed by atoms with van der Waals surface area (Å²) in [7, 11) is 2.00. The van der Waals surface area contributed by atoms with Crippen molar-refractivity contribution in [2.24, 2.45) is 0 Å². The van der Waals surface area contributed by atoms with E-state index in [1.165, 1.54) is 58.8 Å². The number of carboxylic acid groups (broad SMARTS) is 1. The zero-order valence-corrected chi connectivity index (χ0v) is 19.3. The minimum Gasteiger partial charge on any atom is -0.493 e. The van der Waals surface area contributed by atoms with Gasteiger partial charge in [0.15, 0.2) is 23.0 Å². The summed E-state index contributed by atoms with van der Waals surface area (Å²) < 4.78 is 54.6. The van der Waals surface area contributed by atoms with Gasteiger partial charge in [0.2, 0.25) is 0 Å². The lowest BCUT2D eigenvalue weighted by Gasteiger charge is -2.18. The third-order valence-electron chi connectivity index (χ3n) is 4.35. The van der Waals surface area contributed by atoms with E-state index in [1.807, 2.05) is 0 Å². The summed E-state index contributed by atoms with van der Waals surface area (Å²) in [6, 6.07) is 5.14. The molecule has 2 aromatic carbocycles. The van der Waals surface area contributed by atoms with Crippen molar-refractivity contribution in [3.05, 3.63) is 41.5 Å². The summed E-state index contributed by atoms with van der Waals surface area (Å²) >= 11 is 0. The van der Waals surface area contributed by atoms with Crippen LogP contribution >= 0.6 is 0 Å². The molecular formula is C21H23NO10S. The monoisotopic (exact) mass is 481 g/mol. The molecule has 33 heavy (non-hydrogen) atoms. The largest absolute Gasteiger partial charge is 0.493 e. The van der Waals surface area contributed by atoms with Crippen molar-refractivity contribution in [3.8, 4) is 23.0 Å². The van der Waals surface area contributed by atoms with Crippen molar-refractivity contribution in [1.82, 2.24) is 0 Å². The molecule has 0 saturated carbocycles. The minimum atomic E-state index is -4.40. The Kier molecular flexibility index (Phi) is 8.13. The van der Waals surface area contributed by atoms with Gasteiger partial charge in [0.05, 0.1) is 46.8 Å². The molecule has 0 aliphatic heterocycles. The highest BCUT2D eigenvalue weighted by Gasteiger charge is 2.27. The average Bonchev–Trinajstić information content (AvgIpc) is 2.80. The number of nitrogens with one attached hydrogen (secondary N) is 1. The molecule has 0 radical (unpaired) electrons. The third kappa shape index (κ3) is 5.66. The molecule has 0 fully saturated rings. The molecule has 0 aromatic heterocycles. The van der Waals surface area contributed by atoms with Crippen LogP contribution in [0.4, 0.5) is 5.69 Å². The Morgan fingerprint density at radius 2 is 1.48 bits per heavy atom. The Hall–Kier alpha value is -3.93. The molecule has 0 amide bonds. The normalized spacial score (nSPS) is 11.1. The number of hydrogen-bond acceptors (Lipinski definition) is 9. The molecular weight excluding hydrogens is 458 g/mol. The van der Waals surface area contributed by atoms with Gasteiger partial charge in [0.25, 0.3) is 10.0 Å². The van der Waals surface area contributed by atoms with Crippen molar-refractivity contribution >= 4 is 33.7 Å². The number of ether oxygens (including phenoxy) is 5. The molecule has 178 valence electrons. The summed E-state index contributed by atoms with van der Waals surface area (Å²) in [5, 5.41) is 8.88. The van der Waals surface area contributed by atoms with Crippen LogP contribution in [-0.2, 0) is 19.6 Å². The second kappa shape index (κ2) is 10.6. The van der Waals surface area contributed by atoms with Gasteiger partial charge in [-0.05, 0) is 23.8 Å². The number of carbonyl (C=O) groups is 2. The molecule has 2 rings (SSSR count). The van der Waals surface area contributed by atoms with E-state index >= 15 is 0 Å². The number of benzene rings is 2. The maximum absolute atomic E-state index is 13.3. The van der Waals surface area contributed by atoms with Gasteiger partial charge in [-0.1, -0.05) is 0 Å². The van der Waals surface area contributed by atoms with Crippen molar-refractivity contribution in [2.75, 3.05) is 40.3 Å². The molecule has 0 spiro atoms. The molecule has 0 bridgehead atoms. The van der Waals surface area contributed by atoms with Gasteiger partial charge in [0.1, 0.15) is 4.90 Å². The van der Waals surface area contributed by atoms with E-state index in [0.29, 0.717) is 0 Å². The van der Waals surface area contributed by atoms with Crippen molar-refractivity contribution < 1.29 is 46.8 Å². The SMILES string of the molecule is COC(=O)c1cc(OC)c(OC)cc1NS(=O)(=O)c1cc(C=CC(=O)O)cc(OC)c1OC. The van der Waals surface area contributed by atoms with Crippen molar-refractivity contribution in [1.29, 1.82) is 0 Å². The number of hydrogen-bond donors (Lipinski definition) is 2. The van der Waals surface area contributed by atoms with E-state index in [-0.39, 0.29) is 44.7 Å². The highest BCUT2D eigenvalue weighted by molar-refractivity contribution is 7.92. The Labute approximate surface area is 190 Å². The van der Waals surface area contributed by atoms with Crippen LogP contribution in [0.5, 0.6) is 23.0 Å². The topological polar surface area (TPSA) is 147 Å². The smallest absolute Gasteiger partial charge is 0.340 e. The number of carbonyl (C=O) groups excluding carboxylic acids is 1. The van der Waals surface area contributed by atoms with Crippen LogP contribution < -0.4 is 23.7 Å². The lowest BCUT2D eigenvalue weighted by atomic mass is 10.1. The zero-order valence-electron chi connectivity index (χ0n) is 18.5. The molecule has 0 aliphatic carbocycles. The van der Waals surface area contributed by atoms with Gasteiger partial charge < -0.3 is 28.8 Å². The molecule has 0 saturated heterocycles. The molecule has 2 N–H and O–H groups in total. The van der Waals surface area contributed by atoms with Crippen LogP contribution in [0.3, 0.4) is 0 Å². The number of sulfonamides is 1. The summed E-state index contributed by atoms with van der Waals surface area (Å²) in [5.41, 5.74) is -0.0606. The standard InChI is InChI=1S/C21H23NO10S/c1-28-15-10-13(21(25)32-5)14(11-16(15)29-2)22-33(26,27)18-9-12(6-7-19(23)24)8-17(30-3)20(18)31-4/h6-11,22H,1-5H3,(H,23,24). The van der Waals surface area contributed by atoms with Crippen LogP contribution in [0, 0.1) is 0 Å². The number of anilines is 1. The molecule has 12 heteroatoms.